The van der Waals surface area contributed by atoms with Crippen LogP contribution >= 0.6 is 11.8 Å². The van der Waals surface area contributed by atoms with E-state index in [4.69, 9.17) is 4.74 Å². The Kier molecular flexibility index (Phi) is 6.71. The second-order valence-corrected chi connectivity index (χ2v) is 9.17. The number of carbonyl (C=O) groups is 1. The van der Waals surface area contributed by atoms with Gasteiger partial charge in [-0.15, -0.1) is 10.2 Å². The molecule has 0 atom stereocenters. The lowest BCUT2D eigenvalue weighted by molar-refractivity contribution is 0.0526. The molecule has 3 aromatic rings. The lowest BCUT2D eigenvalue weighted by Crippen LogP contribution is -2.09. The molecular weight excluding hydrogens is 410 g/mol. The summed E-state index contributed by atoms with van der Waals surface area (Å²) >= 11 is 1.45. The average Bonchev–Trinajstić information content (AvgIpc) is 3.06. The van der Waals surface area contributed by atoms with Gasteiger partial charge in [0.2, 0.25) is 0 Å². The molecule has 9 heteroatoms. The lowest BCUT2D eigenvalue weighted by atomic mass is 10.1. The predicted octanol–water partition coefficient (Wildman–Crippen LogP) is 3.26. The lowest BCUT2D eigenvalue weighted by Gasteiger charge is -2.06. The molecule has 1 aromatic heterocycles. The summed E-state index contributed by atoms with van der Waals surface area (Å²) in [6.07, 6.45) is 0. The topological polar surface area (TPSA) is 91.2 Å². The Balaban J connectivity index is 1.65. The fourth-order valence-corrected chi connectivity index (χ4v) is 4.79. The molecular formula is C20H21N3O4S2. The summed E-state index contributed by atoms with van der Waals surface area (Å²) in [5.74, 6) is 0.439. The molecule has 29 heavy (non-hydrogen) atoms. The van der Waals surface area contributed by atoms with Gasteiger partial charge in [-0.1, -0.05) is 42.1 Å². The van der Waals surface area contributed by atoms with Gasteiger partial charge in [0.05, 0.1) is 17.1 Å². The third kappa shape index (κ3) is 5.24. The van der Waals surface area contributed by atoms with E-state index < -0.39 is 9.84 Å². The Bertz CT molecular complexity index is 1080. The standard InChI is InChI=1S/C20H21N3O4S2/c1-3-27-19(24)16-11-9-15(10-12-16)13-28-20-22-21-18(23(20)2)14-29(25,26)17-7-5-4-6-8-17/h4-12H,3,13-14H2,1-2H3. The van der Waals surface area contributed by atoms with Crippen molar-refractivity contribution in [1.82, 2.24) is 14.8 Å². The minimum absolute atomic E-state index is 0.213. The summed E-state index contributed by atoms with van der Waals surface area (Å²) in [4.78, 5) is 12.0. The maximum atomic E-state index is 12.6. The SMILES string of the molecule is CCOC(=O)c1ccc(CSc2nnc(CS(=O)(=O)c3ccccc3)n2C)cc1. The number of ether oxygens (including phenoxy) is 1. The van der Waals surface area contributed by atoms with Crippen LogP contribution in [0.15, 0.2) is 64.6 Å². The van der Waals surface area contributed by atoms with Crippen LogP contribution in [0.4, 0.5) is 0 Å². The Morgan fingerprint density at radius 2 is 1.76 bits per heavy atom. The molecule has 0 radical (unpaired) electrons. The van der Waals surface area contributed by atoms with E-state index in [1.807, 2.05) is 12.1 Å². The zero-order valence-electron chi connectivity index (χ0n) is 16.1. The Labute approximate surface area is 174 Å². The fraction of sp³-hybridized carbons (Fsp3) is 0.250. The second kappa shape index (κ2) is 9.23. The second-order valence-electron chi connectivity index (χ2n) is 6.24. The Morgan fingerprint density at radius 3 is 2.41 bits per heavy atom. The summed E-state index contributed by atoms with van der Waals surface area (Å²) in [5.41, 5.74) is 1.51. The van der Waals surface area contributed by atoms with Crippen LogP contribution in [0.2, 0.25) is 0 Å². The van der Waals surface area contributed by atoms with Gasteiger partial charge in [-0.05, 0) is 36.8 Å². The number of carbonyl (C=O) groups excluding carboxylic acids is 1. The van der Waals surface area contributed by atoms with E-state index in [9.17, 15) is 13.2 Å². The zero-order chi connectivity index (χ0) is 20.9. The molecule has 2 aromatic carbocycles. The third-order valence-electron chi connectivity index (χ3n) is 4.18. The minimum Gasteiger partial charge on any atom is -0.462 e. The van der Waals surface area contributed by atoms with Crippen LogP contribution in [-0.2, 0) is 33.1 Å². The number of rotatable bonds is 8. The predicted molar refractivity (Wildman–Crippen MR) is 110 cm³/mol. The van der Waals surface area contributed by atoms with Crippen LogP contribution in [0.3, 0.4) is 0 Å². The first-order chi connectivity index (χ1) is 13.9. The third-order valence-corrected chi connectivity index (χ3v) is 6.90. The highest BCUT2D eigenvalue weighted by molar-refractivity contribution is 7.98. The molecule has 0 aliphatic heterocycles. The molecule has 0 bridgehead atoms. The summed E-state index contributed by atoms with van der Waals surface area (Å²) in [5, 5.41) is 8.79. The van der Waals surface area contributed by atoms with Gasteiger partial charge < -0.3 is 9.30 Å². The first kappa shape index (κ1) is 21.1. The molecule has 0 aliphatic rings. The van der Waals surface area contributed by atoms with E-state index in [0.29, 0.717) is 28.9 Å². The van der Waals surface area contributed by atoms with Crippen molar-refractivity contribution >= 4 is 27.6 Å². The van der Waals surface area contributed by atoms with Crippen LogP contribution in [0.25, 0.3) is 0 Å². The van der Waals surface area contributed by atoms with Crippen molar-refractivity contribution in [3.63, 3.8) is 0 Å². The Morgan fingerprint density at radius 1 is 1.07 bits per heavy atom. The van der Waals surface area contributed by atoms with E-state index in [0.717, 1.165) is 5.56 Å². The molecule has 1 heterocycles. The van der Waals surface area contributed by atoms with E-state index in [2.05, 4.69) is 10.2 Å². The monoisotopic (exact) mass is 431 g/mol. The molecule has 3 rings (SSSR count). The smallest absolute Gasteiger partial charge is 0.338 e. The van der Waals surface area contributed by atoms with E-state index >= 15 is 0 Å². The average molecular weight is 432 g/mol. The van der Waals surface area contributed by atoms with Gasteiger partial charge in [0.15, 0.2) is 15.0 Å². The molecule has 0 aliphatic carbocycles. The summed E-state index contributed by atoms with van der Waals surface area (Å²) < 4.78 is 31.8. The van der Waals surface area contributed by atoms with Crippen molar-refractivity contribution in [2.75, 3.05) is 6.61 Å². The Hall–Kier alpha value is -2.65. The molecule has 0 amide bonds. The van der Waals surface area contributed by atoms with Crippen molar-refractivity contribution in [3.8, 4) is 0 Å². The van der Waals surface area contributed by atoms with Crippen molar-refractivity contribution in [3.05, 3.63) is 71.5 Å². The molecule has 0 saturated heterocycles. The number of sulfone groups is 1. The summed E-state index contributed by atoms with van der Waals surface area (Å²) in [6, 6.07) is 15.5. The van der Waals surface area contributed by atoms with E-state index in [-0.39, 0.29) is 16.6 Å². The van der Waals surface area contributed by atoms with Crippen molar-refractivity contribution in [1.29, 1.82) is 0 Å². The van der Waals surface area contributed by atoms with Crippen LogP contribution in [0, 0.1) is 0 Å². The number of hydrogen-bond donors (Lipinski definition) is 0. The first-order valence-electron chi connectivity index (χ1n) is 8.95. The normalized spacial score (nSPS) is 11.4. The van der Waals surface area contributed by atoms with Crippen molar-refractivity contribution < 1.29 is 17.9 Å². The van der Waals surface area contributed by atoms with Gasteiger partial charge in [-0.25, -0.2) is 13.2 Å². The van der Waals surface area contributed by atoms with Crippen LogP contribution in [-0.4, -0.2) is 35.8 Å². The largest absolute Gasteiger partial charge is 0.462 e. The zero-order valence-corrected chi connectivity index (χ0v) is 17.7. The first-order valence-corrected chi connectivity index (χ1v) is 11.6. The maximum Gasteiger partial charge on any atom is 0.338 e. The van der Waals surface area contributed by atoms with Crippen LogP contribution in [0.1, 0.15) is 28.7 Å². The van der Waals surface area contributed by atoms with Crippen molar-refractivity contribution in [2.45, 2.75) is 28.5 Å². The van der Waals surface area contributed by atoms with Crippen molar-refractivity contribution in [2.24, 2.45) is 7.05 Å². The van der Waals surface area contributed by atoms with E-state index in [1.165, 1.54) is 11.8 Å². The quantitative estimate of drug-likeness (QED) is 0.399. The number of thioether (sulfide) groups is 1. The van der Waals surface area contributed by atoms with Gasteiger partial charge in [-0.2, -0.15) is 0 Å². The van der Waals surface area contributed by atoms with Crippen LogP contribution < -0.4 is 0 Å². The van der Waals surface area contributed by atoms with Gasteiger partial charge in [0, 0.05) is 12.8 Å². The maximum absolute atomic E-state index is 12.6. The number of hydrogen-bond acceptors (Lipinski definition) is 7. The summed E-state index contributed by atoms with van der Waals surface area (Å²) in [7, 11) is -1.73. The highest BCUT2D eigenvalue weighted by Gasteiger charge is 2.20. The molecule has 0 N–H and O–H groups in total. The molecule has 0 unspecified atom stereocenters. The number of aromatic nitrogens is 3. The highest BCUT2D eigenvalue weighted by Crippen LogP contribution is 2.23. The number of benzene rings is 2. The molecule has 152 valence electrons. The fourth-order valence-electron chi connectivity index (χ4n) is 2.58. The highest BCUT2D eigenvalue weighted by atomic mass is 32.2. The molecule has 0 fully saturated rings. The van der Waals surface area contributed by atoms with Gasteiger partial charge >= 0.3 is 5.97 Å². The molecule has 0 saturated carbocycles. The van der Waals surface area contributed by atoms with Gasteiger partial charge in [-0.3, -0.25) is 0 Å². The van der Waals surface area contributed by atoms with Gasteiger partial charge in [0.25, 0.3) is 0 Å². The number of esters is 1. The van der Waals surface area contributed by atoms with Gasteiger partial charge in [0.1, 0.15) is 11.6 Å². The van der Waals surface area contributed by atoms with Crippen LogP contribution in [0.5, 0.6) is 0 Å². The summed E-state index contributed by atoms with van der Waals surface area (Å²) in [6.45, 7) is 2.11. The molecule has 0 spiro atoms. The number of nitrogens with zero attached hydrogens (tertiary/aromatic N) is 3. The molecule has 7 nitrogen and oxygen atoms in total. The van der Waals surface area contributed by atoms with E-state index in [1.54, 1.807) is 61.0 Å². The minimum atomic E-state index is -3.48.